The molecular formula is C16H9ClO3. The average Bonchev–Trinajstić information content (AvgIpc) is 2.46. The molecule has 0 saturated carbocycles. The van der Waals surface area contributed by atoms with E-state index in [4.69, 9.17) is 16.0 Å². The van der Waals surface area contributed by atoms with Crippen LogP contribution in [0, 0.1) is 0 Å². The van der Waals surface area contributed by atoms with E-state index in [0.717, 1.165) is 5.39 Å². The quantitative estimate of drug-likeness (QED) is 0.530. The molecule has 0 atom stereocenters. The highest BCUT2D eigenvalue weighted by Crippen LogP contribution is 2.21. The Kier molecular flexibility index (Phi) is 3.12. The molecular weight excluding hydrogens is 276 g/mol. The van der Waals surface area contributed by atoms with Gasteiger partial charge in [-0.3, -0.25) is 4.79 Å². The smallest absolute Gasteiger partial charge is 0.344 e. The van der Waals surface area contributed by atoms with Gasteiger partial charge in [-0.2, -0.15) is 0 Å². The Balaban J connectivity index is 2.16. The standard InChI is InChI=1S/C16H9ClO3/c17-15(18)11-7-5-10(6-8-11)13-9-12-3-1-2-4-14(12)20-16(13)19/h1-9H. The molecule has 0 unspecified atom stereocenters. The Morgan fingerprint density at radius 1 is 1.00 bits per heavy atom. The van der Waals surface area contributed by atoms with Gasteiger partial charge in [0, 0.05) is 10.9 Å². The van der Waals surface area contributed by atoms with E-state index >= 15 is 0 Å². The molecule has 0 fully saturated rings. The first-order valence-corrected chi connectivity index (χ1v) is 6.36. The molecule has 0 amide bonds. The van der Waals surface area contributed by atoms with Gasteiger partial charge < -0.3 is 4.42 Å². The van der Waals surface area contributed by atoms with E-state index < -0.39 is 10.9 Å². The number of halogens is 1. The monoisotopic (exact) mass is 284 g/mol. The van der Waals surface area contributed by atoms with Crippen LogP contribution in [0.4, 0.5) is 0 Å². The molecule has 0 bridgehead atoms. The van der Waals surface area contributed by atoms with Gasteiger partial charge in [-0.1, -0.05) is 30.3 Å². The molecule has 0 radical (unpaired) electrons. The van der Waals surface area contributed by atoms with Crippen molar-refractivity contribution in [3.8, 4) is 11.1 Å². The van der Waals surface area contributed by atoms with Crippen LogP contribution in [-0.2, 0) is 0 Å². The van der Waals surface area contributed by atoms with Gasteiger partial charge in [-0.05, 0) is 41.4 Å². The molecule has 0 aliphatic rings. The van der Waals surface area contributed by atoms with E-state index in [2.05, 4.69) is 0 Å². The number of rotatable bonds is 2. The zero-order valence-electron chi connectivity index (χ0n) is 10.3. The first kappa shape index (κ1) is 12.6. The van der Waals surface area contributed by atoms with Gasteiger partial charge >= 0.3 is 5.63 Å². The minimum Gasteiger partial charge on any atom is -0.422 e. The van der Waals surface area contributed by atoms with Crippen LogP contribution in [0.1, 0.15) is 10.4 Å². The molecule has 2 aromatic carbocycles. The third-order valence-electron chi connectivity index (χ3n) is 3.06. The number of hydrogen-bond acceptors (Lipinski definition) is 3. The number of para-hydroxylation sites is 1. The van der Waals surface area contributed by atoms with Gasteiger partial charge in [-0.25, -0.2) is 4.79 Å². The molecule has 0 saturated heterocycles. The maximum atomic E-state index is 12.0. The molecule has 20 heavy (non-hydrogen) atoms. The molecule has 98 valence electrons. The summed E-state index contributed by atoms with van der Waals surface area (Å²) in [7, 11) is 0. The van der Waals surface area contributed by atoms with Gasteiger partial charge in [0.15, 0.2) is 0 Å². The fourth-order valence-corrected chi connectivity index (χ4v) is 2.17. The van der Waals surface area contributed by atoms with Crippen LogP contribution in [0.3, 0.4) is 0 Å². The van der Waals surface area contributed by atoms with E-state index in [1.807, 2.05) is 18.2 Å². The summed E-state index contributed by atoms with van der Waals surface area (Å²) in [6, 6.07) is 15.6. The second kappa shape index (κ2) is 4.94. The van der Waals surface area contributed by atoms with Gasteiger partial charge in [0.1, 0.15) is 5.58 Å². The van der Waals surface area contributed by atoms with Crippen molar-refractivity contribution in [3.05, 3.63) is 70.6 Å². The minimum atomic E-state index is -0.526. The van der Waals surface area contributed by atoms with Crippen molar-refractivity contribution in [3.63, 3.8) is 0 Å². The lowest BCUT2D eigenvalue weighted by Gasteiger charge is -2.03. The van der Waals surface area contributed by atoms with Crippen LogP contribution in [0.25, 0.3) is 22.1 Å². The second-order valence-corrected chi connectivity index (χ2v) is 4.68. The van der Waals surface area contributed by atoms with E-state index in [1.54, 1.807) is 36.4 Å². The summed E-state index contributed by atoms with van der Waals surface area (Å²) >= 11 is 5.39. The third-order valence-corrected chi connectivity index (χ3v) is 3.28. The molecule has 0 aliphatic heterocycles. The second-order valence-electron chi connectivity index (χ2n) is 4.34. The number of benzene rings is 2. The first-order chi connectivity index (χ1) is 9.65. The van der Waals surface area contributed by atoms with Crippen molar-refractivity contribution in [2.45, 2.75) is 0 Å². The summed E-state index contributed by atoms with van der Waals surface area (Å²) in [5.41, 5.74) is 1.67. The Hall–Kier alpha value is -2.39. The number of carbonyl (C=O) groups is 1. The molecule has 3 rings (SSSR count). The molecule has 0 N–H and O–H groups in total. The fourth-order valence-electron chi connectivity index (χ4n) is 2.04. The summed E-state index contributed by atoms with van der Waals surface area (Å²) in [6.45, 7) is 0. The highest BCUT2D eigenvalue weighted by atomic mass is 35.5. The van der Waals surface area contributed by atoms with Crippen LogP contribution in [0.2, 0.25) is 0 Å². The highest BCUT2D eigenvalue weighted by molar-refractivity contribution is 6.67. The molecule has 4 heteroatoms. The van der Waals surface area contributed by atoms with Crippen LogP contribution >= 0.6 is 11.6 Å². The topological polar surface area (TPSA) is 47.3 Å². The van der Waals surface area contributed by atoms with Crippen molar-refractivity contribution in [2.24, 2.45) is 0 Å². The van der Waals surface area contributed by atoms with Crippen molar-refractivity contribution in [1.29, 1.82) is 0 Å². The molecule has 1 heterocycles. The van der Waals surface area contributed by atoms with Crippen molar-refractivity contribution < 1.29 is 9.21 Å². The van der Waals surface area contributed by atoms with Crippen molar-refractivity contribution in [1.82, 2.24) is 0 Å². The lowest BCUT2D eigenvalue weighted by molar-refractivity contribution is 0.108. The minimum absolute atomic E-state index is 0.389. The zero-order valence-corrected chi connectivity index (χ0v) is 11.1. The molecule has 1 aromatic heterocycles. The SMILES string of the molecule is O=C(Cl)c1ccc(-c2cc3ccccc3oc2=O)cc1. The van der Waals surface area contributed by atoms with E-state index in [9.17, 15) is 9.59 Å². The summed E-state index contributed by atoms with van der Waals surface area (Å²) < 4.78 is 5.28. The summed E-state index contributed by atoms with van der Waals surface area (Å²) in [5, 5.41) is 0.321. The lowest BCUT2D eigenvalue weighted by atomic mass is 10.0. The predicted molar refractivity (Wildman–Crippen MR) is 78.1 cm³/mol. The summed E-state index contributed by atoms with van der Waals surface area (Å²) in [5.74, 6) is 0. The van der Waals surface area contributed by atoms with Gasteiger partial charge in [-0.15, -0.1) is 0 Å². The molecule has 0 spiro atoms. The number of fused-ring (bicyclic) bond motifs is 1. The summed E-state index contributed by atoms with van der Waals surface area (Å²) in [4.78, 5) is 23.0. The third kappa shape index (κ3) is 2.24. The zero-order chi connectivity index (χ0) is 14.1. The summed E-state index contributed by atoms with van der Waals surface area (Å²) in [6.07, 6.45) is 0. The maximum Gasteiger partial charge on any atom is 0.344 e. The molecule has 0 aliphatic carbocycles. The van der Waals surface area contributed by atoms with E-state index in [0.29, 0.717) is 22.3 Å². The first-order valence-electron chi connectivity index (χ1n) is 5.98. The van der Waals surface area contributed by atoms with Crippen LogP contribution in [0.5, 0.6) is 0 Å². The molecule has 3 aromatic rings. The Labute approximate surface area is 119 Å². The van der Waals surface area contributed by atoms with Gasteiger partial charge in [0.2, 0.25) is 0 Å². The average molecular weight is 285 g/mol. The number of carbonyl (C=O) groups excluding carboxylic acids is 1. The Bertz CT molecular complexity index is 847. The van der Waals surface area contributed by atoms with Crippen LogP contribution < -0.4 is 5.63 Å². The van der Waals surface area contributed by atoms with E-state index in [1.165, 1.54) is 0 Å². The van der Waals surface area contributed by atoms with Crippen molar-refractivity contribution >= 4 is 27.8 Å². The lowest BCUT2D eigenvalue weighted by Crippen LogP contribution is -2.02. The fraction of sp³-hybridized carbons (Fsp3) is 0. The normalized spacial score (nSPS) is 10.7. The van der Waals surface area contributed by atoms with Gasteiger partial charge in [0.05, 0.1) is 5.56 Å². The Morgan fingerprint density at radius 3 is 2.40 bits per heavy atom. The van der Waals surface area contributed by atoms with Crippen LogP contribution in [0.15, 0.2) is 63.8 Å². The predicted octanol–water partition coefficient (Wildman–Crippen LogP) is 3.84. The number of hydrogen-bond donors (Lipinski definition) is 0. The van der Waals surface area contributed by atoms with Crippen LogP contribution in [-0.4, -0.2) is 5.24 Å². The van der Waals surface area contributed by atoms with Gasteiger partial charge in [0.25, 0.3) is 5.24 Å². The largest absolute Gasteiger partial charge is 0.422 e. The highest BCUT2D eigenvalue weighted by Gasteiger charge is 2.08. The van der Waals surface area contributed by atoms with Crippen molar-refractivity contribution in [2.75, 3.05) is 0 Å². The maximum absolute atomic E-state index is 12.0. The molecule has 3 nitrogen and oxygen atoms in total. The Morgan fingerprint density at radius 2 is 1.70 bits per heavy atom. The van der Waals surface area contributed by atoms with E-state index in [-0.39, 0.29) is 0 Å².